The van der Waals surface area contributed by atoms with Crippen molar-refractivity contribution in [2.24, 2.45) is 5.92 Å². The van der Waals surface area contributed by atoms with Crippen molar-refractivity contribution in [3.8, 4) is 0 Å². The normalized spacial score (nSPS) is 24.0. The minimum absolute atomic E-state index is 0.0393. The number of aliphatic hydroxyl groups is 1. The van der Waals surface area contributed by atoms with Crippen LogP contribution in [-0.4, -0.2) is 23.2 Å². The van der Waals surface area contributed by atoms with Crippen LogP contribution in [0.4, 0.5) is 5.82 Å². The topological polar surface area (TPSA) is 36.4 Å². The molecule has 1 saturated carbocycles. The molecule has 2 unspecified atom stereocenters. The largest absolute Gasteiger partial charge is 0.392 e. The minimum atomic E-state index is -0.0393. The Morgan fingerprint density at radius 2 is 2.17 bits per heavy atom. The van der Waals surface area contributed by atoms with Gasteiger partial charge in [-0.3, -0.25) is 0 Å². The van der Waals surface area contributed by atoms with E-state index in [1.165, 1.54) is 25.7 Å². The van der Waals surface area contributed by atoms with E-state index in [1.807, 2.05) is 6.07 Å². The first-order valence-electron chi connectivity index (χ1n) is 6.61. The monoisotopic (exact) mass is 268 g/mol. The molecule has 1 aromatic heterocycles. The van der Waals surface area contributed by atoms with Gasteiger partial charge < -0.3 is 10.0 Å². The van der Waals surface area contributed by atoms with Crippen LogP contribution < -0.4 is 4.90 Å². The molecule has 1 aliphatic rings. The van der Waals surface area contributed by atoms with E-state index in [4.69, 9.17) is 11.6 Å². The average Bonchev–Trinajstić information content (AvgIpc) is 2.39. The van der Waals surface area contributed by atoms with Gasteiger partial charge in [-0.05, 0) is 24.8 Å². The molecule has 1 aliphatic carbocycles. The van der Waals surface area contributed by atoms with Gasteiger partial charge in [-0.1, -0.05) is 31.4 Å². The minimum Gasteiger partial charge on any atom is -0.392 e. The van der Waals surface area contributed by atoms with Gasteiger partial charge in [0.05, 0.1) is 11.6 Å². The molecule has 2 atom stereocenters. The molecule has 18 heavy (non-hydrogen) atoms. The number of pyridine rings is 1. The maximum absolute atomic E-state index is 9.26. The van der Waals surface area contributed by atoms with Gasteiger partial charge in [-0.15, -0.1) is 0 Å². The third-order valence-corrected chi connectivity index (χ3v) is 4.36. The molecule has 1 heterocycles. The number of hydrogen-bond donors (Lipinski definition) is 1. The van der Waals surface area contributed by atoms with Gasteiger partial charge in [-0.25, -0.2) is 4.98 Å². The predicted molar refractivity (Wildman–Crippen MR) is 75.0 cm³/mol. The average molecular weight is 269 g/mol. The lowest BCUT2D eigenvalue weighted by molar-refractivity contribution is 0.281. The summed E-state index contributed by atoms with van der Waals surface area (Å²) >= 11 is 5.97. The van der Waals surface area contributed by atoms with E-state index in [2.05, 4.69) is 23.9 Å². The molecule has 0 aromatic carbocycles. The van der Waals surface area contributed by atoms with Crippen LogP contribution in [0.2, 0.25) is 5.02 Å². The van der Waals surface area contributed by atoms with Gasteiger partial charge >= 0.3 is 0 Å². The molecule has 3 nitrogen and oxygen atoms in total. The van der Waals surface area contributed by atoms with Crippen molar-refractivity contribution < 1.29 is 5.11 Å². The Labute approximate surface area is 114 Å². The van der Waals surface area contributed by atoms with Crippen LogP contribution in [0.15, 0.2) is 12.3 Å². The summed E-state index contributed by atoms with van der Waals surface area (Å²) in [5, 5.41) is 9.79. The summed E-state index contributed by atoms with van der Waals surface area (Å²) in [6.45, 7) is 2.27. The molecule has 100 valence electrons. The highest BCUT2D eigenvalue weighted by Gasteiger charge is 2.25. The smallest absolute Gasteiger partial charge is 0.128 e. The summed E-state index contributed by atoms with van der Waals surface area (Å²) in [6.07, 6.45) is 6.76. The van der Waals surface area contributed by atoms with Crippen LogP contribution in [0, 0.1) is 5.92 Å². The van der Waals surface area contributed by atoms with Gasteiger partial charge in [0, 0.05) is 24.8 Å². The van der Waals surface area contributed by atoms with Crippen LogP contribution in [0.5, 0.6) is 0 Å². The number of anilines is 1. The van der Waals surface area contributed by atoms with Gasteiger partial charge in [0.15, 0.2) is 0 Å². The number of halogens is 1. The van der Waals surface area contributed by atoms with Gasteiger partial charge in [-0.2, -0.15) is 0 Å². The van der Waals surface area contributed by atoms with Crippen LogP contribution in [0.1, 0.15) is 38.2 Å². The zero-order chi connectivity index (χ0) is 13.1. The zero-order valence-electron chi connectivity index (χ0n) is 11.1. The molecule has 0 spiro atoms. The summed E-state index contributed by atoms with van der Waals surface area (Å²) in [4.78, 5) is 6.61. The maximum atomic E-state index is 9.26. The second-order valence-electron chi connectivity index (χ2n) is 5.23. The molecule has 1 aromatic rings. The lowest BCUT2D eigenvalue weighted by Crippen LogP contribution is -2.39. The molecule has 0 bridgehead atoms. The van der Waals surface area contributed by atoms with Crippen LogP contribution in [0.3, 0.4) is 0 Å². The van der Waals surface area contributed by atoms with Crippen LogP contribution >= 0.6 is 11.6 Å². The Balaban J connectivity index is 2.19. The molecular weight excluding hydrogens is 248 g/mol. The molecule has 0 aliphatic heterocycles. The Bertz CT molecular complexity index is 411. The number of hydrogen-bond acceptors (Lipinski definition) is 3. The summed E-state index contributed by atoms with van der Waals surface area (Å²) in [5.74, 6) is 1.60. The highest BCUT2D eigenvalue weighted by atomic mass is 35.5. The fraction of sp³-hybridized carbons (Fsp3) is 0.643. The highest BCUT2D eigenvalue weighted by molar-refractivity contribution is 6.31. The van der Waals surface area contributed by atoms with E-state index in [0.717, 1.165) is 11.4 Å². The van der Waals surface area contributed by atoms with Gasteiger partial charge in [0.2, 0.25) is 0 Å². The van der Waals surface area contributed by atoms with E-state index < -0.39 is 0 Å². The van der Waals surface area contributed by atoms with Crippen molar-refractivity contribution >= 4 is 17.4 Å². The first kappa shape index (κ1) is 13.6. The van der Waals surface area contributed by atoms with Crippen LogP contribution in [-0.2, 0) is 6.61 Å². The molecule has 1 fully saturated rings. The fourth-order valence-corrected chi connectivity index (χ4v) is 2.99. The van der Waals surface area contributed by atoms with Gasteiger partial charge in [0.25, 0.3) is 0 Å². The maximum Gasteiger partial charge on any atom is 0.128 e. The Hall–Kier alpha value is -0.800. The molecule has 0 radical (unpaired) electrons. The summed E-state index contributed by atoms with van der Waals surface area (Å²) in [5.41, 5.74) is 0.747. The molecule has 1 N–H and O–H groups in total. The number of aliphatic hydroxyl groups excluding tert-OH is 1. The number of rotatable bonds is 3. The Morgan fingerprint density at radius 3 is 2.83 bits per heavy atom. The van der Waals surface area contributed by atoms with E-state index in [-0.39, 0.29) is 6.61 Å². The van der Waals surface area contributed by atoms with Crippen molar-refractivity contribution in [1.29, 1.82) is 0 Å². The lowest BCUT2D eigenvalue weighted by atomic mass is 9.85. The van der Waals surface area contributed by atoms with E-state index in [9.17, 15) is 5.11 Å². The van der Waals surface area contributed by atoms with E-state index in [0.29, 0.717) is 17.0 Å². The van der Waals surface area contributed by atoms with Crippen LogP contribution in [0.25, 0.3) is 0 Å². The molecule has 2 rings (SSSR count). The van der Waals surface area contributed by atoms with Crippen molar-refractivity contribution in [1.82, 2.24) is 4.98 Å². The van der Waals surface area contributed by atoms with Crippen molar-refractivity contribution in [2.45, 2.75) is 45.3 Å². The SMILES string of the molecule is CC1CCCCC1N(C)c1cc(CO)c(Cl)cn1. The van der Waals surface area contributed by atoms with E-state index in [1.54, 1.807) is 6.20 Å². The lowest BCUT2D eigenvalue weighted by Gasteiger charge is -2.37. The molecule has 4 heteroatoms. The number of nitrogens with zero attached hydrogens (tertiary/aromatic N) is 2. The van der Waals surface area contributed by atoms with Crippen molar-refractivity contribution in [3.05, 3.63) is 22.8 Å². The van der Waals surface area contributed by atoms with Crippen molar-refractivity contribution in [3.63, 3.8) is 0 Å². The third-order valence-electron chi connectivity index (χ3n) is 4.02. The van der Waals surface area contributed by atoms with E-state index >= 15 is 0 Å². The van der Waals surface area contributed by atoms with Crippen molar-refractivity contribution in [2.75, 3.05) is 11.9 Å². The first-order chi connectivity index (χ1) is 8.63. The standard InChI is InChI=1S/C14H21ClN2O/c1-10-5-3-4-6-13(10)17(2)14-7-11(9-18)12(15)8-16-14/h7-8,10,13,18H,3-6,9H2,1-2H3. The predicted octanol–water partition coefficient (Wildman–Crippen LogP) is 3.24. The molecule has 0 saturated heterocycles. The third kappa shape index (κ3) is 2.78. The fourth-order valence-electron chi connectivity index (χ4n) is 2.82. The summed E-state index contributed by atoms with van der Waals surface area (Å²) in [7, 11) is 2.09. The highest BCUT2D eigenvalue weighted by Crippen LogP contribution is 2.30. The second kappa shape index (κ2) is 5.89. The molecular formula is C14H21ClN2O. The summed E-state index contributed by atoms with van der Waals surface area (Å²) < 4.78 is 0. The first-order valence-corrected chi connectivity index (χ1v) is 6.99. The number of aromatic nitrogens is 1. The summed E-state index contributed by atoms with van der Waals surface area (Å²) in [6, 6.07) is 2.43. The molecule has 0 amide bonds. The second-order valence-corrected chi connectivity index (χ2v) is 5.64. The quantitative estimate of drug-likeness (QED) is 0.914. The Morgan fingerprint density at radius 1 is 1.44 bits per heavy atom. The Kier molecular flexibility index (Phi) is 4.46. The zero-order valence-corrected chi connectivity index (χ0v) is 11.8. The van der Waals surface area contributed by atoms with Gasteiger partial charge in [0.1, 0.15) is 5.82 Å².